The van der Waals surface area contributed by atoms with Crippen molar-refractivity contribution < 1.29 is 19.1 Å². The van der Waals surface area contributed by atoms with Crippen LogP contribution >= 0.6 is 23.2 Å². The van der Waals surface area contributed by atoms with E-state index in [9.17, 15) is 14.9 Å². The summed E-state index contributed by atoms with van der Waals surface area (Å²) in [6.45, 7) is 3.57. The van der Waals surface area contributed by atoms with E-state index < -0.39 is 4.92 Å². The Balaban J connectivity index is 1.61. The quantitative estimate of drug-likeness (QED) is 0.156. The second-order valence-electron chi connectivity index (χ2n) is 10.8. The van der Waals surface area contributed by atoms with Crippen LogP contribution in [0.2, 0.25) is 10.0 Å². The van der Waals surface area contributed by atoms with E-state index in [1.165, 1.54) is 14.2 Å². The van der Waals surface area contributed by atoms with Crippen molar-refractivity contribution in [3.05, 3.63) is 73.1 Å². The molecule has 0 bridgehead atoms. The van der Waals surface area contributed by atoms with E-state index in [-0.39, 0.29) is 32.5 Å². The molecule has 0 spiro atoms. The Bertz CT molecular complexity index is 1760. The zero-order valence-corrected chi connectivity index (χ0v) is 26.9. The lowest BCUT2D eigenvalue weighted by atomic mass is 10.0. The third-order valence-electron chi connectivity index (χ3n) is 7.63. The summed E-state index contributed by atoms with van der Waals surface area (Å²) < 4.78 is 17.9. The third kappa shape index (κ3) is 6.79. The molecule has 2 aromatic heterocycles. The molecule has 14 heteroatoms. The number of rotatable bonds is 11. The van der Waals surface area contributed by atoms with Crippen LogP contribution in [0.4, 0.5) is 22.9 Å². The van der Waals surface area contributed by atoms with Gasteiger partial charge < -0.3 is 33.9 Å². The summed E-state index contributed by atoms with van der Waals surface area (Å²) in [5.74, 6) is 0.966. The molecule has 1 saturated heterocycles. The molecule has 1 fully saturated rings. The van der Waals surface area contributed by atoms with E-state index in [2.05, 4.69) is 15.2 Å². The minimum Gasteiger partial charge on any atom is -0.495 e. The van der Waals surface area contributed by atoms with Crippen LogP contribution in [-0.4, -0.2) is 80.5 Å². The van der Waals surface area contributed by atoms with Crippen molar-refractivity contribution in [2.45, 2.75) is 13.0 Å². The number of benzene rings is 2. The second kappa shape index (κ2) is 13.9. The summed E-state index contributed by atoms with van der Waals surface area (Å²) in [5, 5.41) is 16.2. The number of anilines is 3. The third-order valence-corrected chi connectivity index (χ3v) is 8.38. The highest BCUT2D eigenvalue weighted by Crippen LogP contribution is 2.45. The predicted octanol–water partition coefficient (Wildman–Crippen LogP) is 5.83. The lowest BCUT2D eigenvalue weighted by molar-refractivity contribution is -0.383. The standard InChI is InChI=1S/C31H34Cl2N6O6/c1-36(2)8-5-9-38-23-16-27(35-22-7-6-20(15-24(22)39(41)42)37-10-12-45-13-11-37)34-18-19(23)14-21(31(38)40)28-29(32)25(43-3)17-26(44-4)30(28)33/h6-7,14-18H,5,8-13H2,1-4H3,(H,34,35). The maximum atomic E-state index is 14.2. The molecule has 2 aromatic carbocycles. The van der Waals surface area contributed by atoms with E-state index in [1.54, 1.807) is 41.1 Å². The van der Waals surface area contributed by atoms with E-state index in [0.29, 0.717) is 73.1 Å². The number of pyridine rings is 2. The number of nitrogens with zero attached hydrogens (tertiary/aromatic N) is 5. The SMILES string of the molecule is COc1cc(OC)c(Cl)c(-c2cc3cnc(Nc4ccc(N5CCOCC5)cc4[N+](=O)[O-])cc3n(CCCN(C)C)c2=O)c1Cl. The largest absolute Gasteiger partial charge is 0.495 e. The van der Waals surface area contributed by atoms with Crippen LogP contribution in [0.25, 0.3) is 22.0 Å². The highest BCUT2D eigenvalue weighted by molar-refractivity contribution is 6.41. The second-order valence-corrected chi connectivity index (χ2v) is 11.5. The number of methoxy groups -OCH3 is 2. The topological polar surface area (TPSA) is 124 Å². The molecular formula is C31H34Cl2N6O6. The highest BCUT2D eigenvalue weighted by Gasteiger charge is 2.24. The molecule has 4 aromatic rings. The summed E-state index contributed by atoms with van der Waals surface area (Å²) in [4.78, 5) is 34.4. The van der Waals surface area contributed by atoms with Crippen molar-refractivity contribution in [2.75, 3.05) is 71.4 Å². The number of halogens is 2. The number of nitrogens with one attached hydrogen (secondary N) is 1. The number of morpholine rings is 1. The molecule has 0 aliphatic carbocycles. The molecule has 3 heterocycles. The zero-order chi connectivity index (χ0) is 32.2. The van der Waals surface area contributed by atoms with Gasteiger partial charge in [-0.25, -0.2) is 4.98 Å². The molecule has 1 aliphatic heterocycles. The maximum Gasteiger partial charge on any atom is 0.294 e. The summed E-state index contributed by atoms with van der Waals surface area (Å²) >= 11 is 13.4. The normalized spacial score (nSPS) is 13.4. The van der Waals surface area contributed by atoms with Crippen molar-refractivity contribution in [1.29, 1.82) is 0 Å². The summed E-state index contributed by atoms with van der Waals surface area (Å²) in [5.41, 5.74) is 1.76. The number of ether oxygens (including phenoxy) is 3. The van der Waals surface area contributed by atoms with Crippen LogP contribution in [0, 0.1) is 10.1 Å². The molecule has 238 valence electrons. The van der Waals surface area contributed by atoms with E-state index >= 15 is 0 Å². The molecule has 5 rings (SSSR count). The molecule has 1 aliphatic rings. The summed E-state index contributed by atoms with van der Waals surface area (Å²) in [7, 11) is 6.86. The highest BCUT2D eigenvalue weighted by atomic mass is 35.5. The molecule has 0 radical (unpaired) electrons. The van der Waals surface area contributed by atoms with Crippen molar-refractivity contribution in [2.24, 2.45) is 0 Å². The van der Waals surface area contributed by atoms with Crippen molar-refractivity contribution in [1.82, 2.24) is 14.5 Å². The lowest BCUT2D eigenvalue weighted by Gasteiger charge is -2.28. The molecule has 1 N–H and O–H groups in total. The first-order valence-electron chi connectivity index (χ1n) is 14.3. The Morgan fingerprint density at radius 1 is 1.07 bits per heavy atom. The fourth-order valence-electron chi connectivity index (χ4n) is 5.34. The van der Waals surface area contributed by atoms with Gasteiger partial charge in [0.05, 0.1) is 53.5 Å². The van der Waals surface area contributed by atoms with Crippen molar-refractivity contribution in [3.63, 3.8) is 0 Å². The Morgan fingerprint density at radius 3 is 2.38 bits per heavy atom. The van der Waals surface area contributed by atoms with Gasteiger partial charge in [0.2, 0.25) is 0 Å². The van der Waals surface area contributed by atoms with Crippen LogP contribution in [0.15, 0.2) is 47.4 Å². The van der Waals surface area contributed by atoms with Gasteiger partial charge in [0.1, 0.15) is 23.0 Å². The maximum absolute atomic E-state index is 14.2. The first kappa shape index (κ1) is 32.3. The van der Waals surface area contributed by atoms with Gasteiger partial charge in [0, 0.05) is 60.7 Å². The van der Waals surface area contributed by atoms with E-state index in [0.717, 1.165) is 12.2 Å². The average Bonchev–Trinajstić information content (AvgIpc) is 3.03. The molecule has 45 heavy (non-hydrogen) atoms. The fraction of sp³-hybridized carbons (Fsp3) is 0.355. The van der Waals surface area contributed by atoms with Crippen molar-refractivity contribution in [3.8, 4) is 22.6 Å². The first-order valence-corrected chi connectivity index (χ1v) is 15.0. The number of hydrogen-bond acceptors (Lipinski definition) is 10. The van der Waals surface area contributed by atoms with Gasteiger partial charge in [-0.05, 0) is 45.3 Å². The van der Waals surface area contributed by atoms with Gasteiger partial charge in [-0.15, -0.1) is 0 Å². The van der Waals surface area contributed by atoms with Gasteiger partial charge in [-0.1, -0.05) is 23.2 Å². The minimum atomic E-state index is -0.424. The lowest BCUT2D eigenvalue weighted by Crippen LogP contribution is -2.36. The van der Waals surface area contributed by atoms with Crippen LogP contribution in [0.1, 0.15) is 6.42 Å². The summed E-state index contributed by atoms with van der Waals surface area (Å²) in [6.07, 6.45) is 2.28. The Hall–Kier alpha value is -4.10. The molecule has 0 atom stereocenters. The minimum absolute atomic E-state index is 0.0872. The van der Waals surface area contributed by atoms with Crippen LogP contribution in [0.3, 0.4) is 0 Å². The molecule has 12 nitrogen and oxygen atoms in total. The van der Waals surface area contributed by atoms with Crippen molar-refractivity contribution >= 4 is 57.0 Å². The van der Waals surface area contributed by atoms with Gasteiger partial charge in [-0.3, -0.25) is 14.9 Å². The molecule has 0 unspecified atom stereocenters. The Kier molecular flexibility index (Phi) is 9.98. The van der Waals surface area contributed by atoms with E-state index in [1.807, 2.05) is 25.1 Å². The number of nitro benzene ring substituents is 1. The number of nitro groups is 1. The van der Waals surface area contributed by atoms with Gasteiger partial charge in [0.25, 0.3) is 11.2 Å². The number of aromatic nitrogens is 2. The van der Waals surface area contributed by atoms with Gasteiger partial charge in [-0.2, -0.15) is 0 Å². The van der Waals surface area contributed by atoms with Crippen LogP contribution in [-0.2, 0) is 11.3 Å². The zero-order valence-electron chi connectivity index (χ0n) is 25.4. The van der Waals surface area contributed by atoms with Crippen LogP contribution in [0.5, 0.6) is 11.5 Å². The molecule has 0 saturated carbocycles. The van der Waals surface area contributed by atoms with Gasteiger partial charge in [0.15, 0.2) is 0 Å². The molecular weight excluding hydrogens is 623 g/mol. The summed E-state index contributed by atoms with van der Waals surface area (Å²) in [6, 6.07) is 10.0. The predicted molar refractivity (Wildman–Crippen MR) is 177 cm³/mol. The van der Waals surface area contributed by atoms with Crippen LogP contribution < -0.4 is 25.2 Å². The van der Waals surface area contributed by atoms with E-state index in [4.69, 9.17) is 37.4 Å². The monoisotopic (exact) mass is 656 g/mol. The Labute approximate surface area is 270 Å². The fourth-order valence-corrected chi connectivity index (χ4v) is 6.05. The number of hydrogen-bond donors (Lipinski definition) is 1. The average molecular weight is 658 g/mol. The first-order chi connectivity index (χ1) is 21.6. The molecule has 0 amide bonds. The van der Waals surface area contributed by atoms with Gasteiger partial charge >= 0.3 is 0 Å². The smallest absolute Gasteiger partial charge is 0.294 e. The number of aryl methyl sites for hydroxylation is 1. The Morgan fingerprint density at radius 2 is 1.76 bits per heavy atom. The number of fused-ring (bicyclic) bond motifs is 1.